The first kappa shape index (κ1) is 11.5. The Morgan fingerprint density at radius 3 is 2.50 bits per heavy atom. The van der Waals surface area contributed by atoms with Gasteiger partial charge < -0.3 is 10.5 Å². The molecule has 2 N–H and O–H groups in total. The Morgan fingerprint density at radius 1 is 1.43 bits per heavy atom. The van der Waals surface area contributed by atoms with Crippen molar-refractivity contribution in [1.82, 2.24) is 0 Å². The number of esters is 1. The number of nitrogens with two attached hydrogens (primary N) is 1. The van der Waals surface area contributed by atoms with E-state index in [4.69, 9.17) is 10.5 Å². The zero-order chi connectivity index (χ0) is 10.6. The highest BCUT2D eigenvalue weighted by molar-refractivity contribution is 5.72. The molecule has 0 spiro atoms. The molecular weight excluding hydrogens is 178 g/mol. The minimum Gasteiger partial charge on any atom is -0.466 e. The molecule has 0 bridgehead atoms. The van der Waals surface area contributed by atoms with E-state index in [2.05, 4.69) is 0 Å². The lowest BCUT2D eigenvalue weighted by Crippen LogP contribution is -2.32. The van der Waals surface area contributed by atoms with E-state index in [1.54, 1.807) is 0 Å². The van der Waals surface area contributed by atoms with Gasteiger partial charge in [0.15, 0.2) is 0 Å². The van der Waals surface area contributed by atoms with Gasteiger partial charge in [0, 0.05) is 6.04 Å². The molecule has 0 aromatic carbocycles. The van der Waals surface area contributed by atoms with Gasteiger partial charge >= 0.3 is 5.97 Å². The van der Waals surface area contributed by atoms with Gasteiger partial charge in [-0.3, -0.25) is 4.79 Å². The summed E-state index contributed by atoms with van der Waals surface area (Å²) < 4.78 is 5.01. The molecule has 1 aliphatic rings. The Labute approximate surface area is 86.0 Å². The first-order valence-electron chi connectivity index (χ1n) is 5.57. The van der Waals surface area contributed by atoms with Gasteiger partial charge in [0.1, 0.15) is 0 Å². The zero-order valence-electron chi connectivity index (χ0n) is 9.16. The molecule has 0 aromatic heterocycles. The van der Waals surface area contributed by atoms with Crippen LogP contribution in [-0.2, 0) is 9.53 Å². The van der Waals surface area contributed by atoms with Crippen LogP contribution in [0.3, 0.4) is 0 Å². The monoisotopic (exact) mass is 199 g/mol. The third kappa shape index (κ3) is 2.98. The molecule has 0 saturated heterocycles. The molecule has 0 amide bonds. The molecule has 0 aromatic rings. The summed E-state index contributed by atoms with van der Waals surface area (Å²) in [5.41, 5.74) is 5.82. The summed E-state index contributed by atoms with van der Waals surface area (Å²) in [6, 6.07) is 0.348. The topological polar surface area (TPSA) is 52.3 Å². The van der Waals surface area contributed by atoms with Crippen molar-refractivity contribution in [2.24, 2.45) is 17.6 Å². The minimum absolute atomic E-state index is 0.0439. The van der Waals surface area contributed by atoms with Crippen molar-refractivity contribution >= 4 is 5.97 Å². The van der Waals surface area contributed by atoms with E-state index in [0.717, 1.165) is 25.7 Å². The standard InChI is InChI=1S/C11H21NO2/c1-3-14-11(13)8(2)9-4-6-10(12)7-5-9/h8-10H,3-7,12H2,1-2H3/t8?,9-,10-. The van der Waals surface area contributed by atoms with Crippen molar-refractivity contribution in [2.75, 3.05) is 6.61 Å². The van der Waals surface area contributed by atoms with E-state index in [0.29, 0.717) is 18.6 Å². The summed E-state index contributed by atoms with van der Waals surface area (Å²) in [6.45, 7) is 4.30. The van der Waals surface area contributed by atoms with E-state index in [1.165, 1.54) is 0 Å². The van der Waals surface area contributed by atoms with Crippen LogP contribution in [0, 0.1) is 11.8 Å². The summed E-state index contributed by atoms with van der Waals surface area (Å²) in [7, 11) is 0. The number of hydrogen-bond donors (Lipinski definition) is 1. The molecule has 1 unspecified atom stereocenters. The molecule has 14 heavy (non-hydrogen) atoms. The van der Waals surface area contributed by atoms with Crippen LogP contribution in [0.5, 0.6) is 0 Å². The molecular formula is C11H21NO2. The van der Waals surface area contributed by atoms with Gasteiger partial charge in [-0.15, -0.1) is 0 Å². The van der Waals surface area contributed by atoms with E-state index < -0.39 is 0 Å². The molecule has 1 aliphatic carbocycles. The lowest BCUT2D eigenvalue weighted by Gasteiger charge is -2.29. The van der Waals surface area contributed by atoms with E-state index in [-0.39, 0.29) is 11.9 Å². The van der Waals surface area contributed by atoms with E-state index >= 15 is 0 Å². The second-order valence-corrected chi connectivity index (χ2v) is 4.22. The maximum Gasteiger partial charge on any atom is 0.308 e. The van der Waals surface area contributed by atoms with Gasteiger partial charge in [-0.25, -0.2) is 0 Å². The fraction of sp³-hybridized carbons (Fsp3) is 0.909. The van der Waals surface area contributed by atoms with Gasteiger partial charge in [-0.1, -0.05) is 6.92 Å². The van der Waals surface area contributed by atoms with Crippen LogP contribution in [0.4, 0.5) is 0 Å². The van der Waals surface area contributed by atoms with Crippen LogP contribution in [0.1, 0.15) is 39.5 Å². The molecule has 1 atom stereocenters. The van der Waals surface area contributed by atoms with Crippen LogP contribution >= 0.6 is 0 Å². The predicted octanol–water partition coefficient (Wildman–Crippen LogP) is 1.70. The lowest BCUT2D eigenvalue weighted by atomic mass is 9.79. The van der Waals surface area contributed by atoms with Crippen LogP contribution in [-0.4, -0.2) is 18.6 Å². The largest absolute Gasteiger partial charge is 0.466 e. The number of carbonyl (C=O) groups excluding carboxylic acids is 1. The fourth-order valence-corrected chi connectivity index (χ4v) is 2.11. The lowest BCUT2D eigenvalue weighted by molar-refractivity contribution is -0.149. The Bertz CT molecular complexity index is 186. The molecule has 0 radical (unpaired) electrons. The van der Waals surface area contributed by atoms with Crippen molar-refractivity contribution in [3.8, 4) is 0 Å². The van der Waals surface area contributed by atoms with Crippen molar-refractivity contribution < 1.29 is 9.53 Å². The average molecular weight is 199 g/mol. The van der Waals surface area contributed by atoms with Crippen LogP contribution in [0.15, 0.2) is 0 Å². The Hall–Kier alpha value is -0.570. The highest BCUT2D eigenvalue weighted by Gasteiger charge is 2.28. The minimum atomic E-state index is -0.0482. The molecule has 3 nitrogen and oxygen atoms in total. The van der Waals surface area contributed by atoms with Crippen LogP contribution in [0.2, 0.25) is 0 Å². The zero-order valence-corrected chi connectivity index (χ0v) is 9.16. The fourth-order valence-electron chi connectivity index (χ4n) is 2.11. The van der Waals surface area contributed by atoms with Crippen LogP contribution in [0.25, 0.3) is 0 Å². The van der Waals surface area contributed by atoms with Gasteiger partial charge in [0.05, 0.1) is 12.5 Å². The van der Waals surface area contributed by atoms with Crippen molar-refractivity contribution in [2.45, 2.75) is 45.6 Å². The summed E-state index contributed by atoms with van der Waals surface area (Å²) in [5.74, 6) is 0.476. The molecule has 82 valence electrons. The average Bonchev–Trinajstić information content (AvgIpc) is 2.18. The van der Waals surface area contributed by atoms with Gasteiger partial charge in [0.2, 0.25) is 0 Å². The first-order valence-corrected chi connectivity index (χ1v) is 5.57. The first-order chi connectivity index (χ1) is 6.65. The molecule has 1 fully saturated rings. The maximum atomic E-state index is 11.5. The van der Waals surface area contributed by atoms with Crippen molar-refractivity contribution in [3.05, 3.63) is 0 Å². The second-order valence-electron chi connectivity index (χ2n) is 4.22. The maximum absolute atomic E-state index is 11.5. The normalized spacial score (nSPS) is 29.6. The third-order valence-corrected chi connectivity index (χ3v) is 3.18. The van der Waals surface area contributed by atoms with E-state index in [9.17, 15) is 4.79 Å². The van der Waals surface area contributed by atoms with Gasteiger partial charge in [0.25, 0.3) is 0 Å². The smallest absolute Gasteiger partial charge is 0.308 e. The number of rotatable bonds is 3. The third-order valence-electron chi connectivity index (χ3n) is 3.18. The highest BCUT2D eigenvalue weighted by atomic mass is 16.5. The number of carbonyl (C=O) groups is 1. The molecule has 3 heteroatoms. The summed E-state index contributed by atoms with van der Waals surface area (Å²) in [5, 5.41) is 0. The number of hydrogen-bond acceptors (Lipinski definition) is 3. The summed E-state index contributed by atoms with van der Waals surface area (Å²) in [6.07, 6.45) is 4.24. The summed E-state index contributed by atoms with van der Waals surface area (Å²) in [4.78, 5) is 11.5. The SMILES string of the molecule is CCOC(=O)C(C)[C@H]1CC[C@H](N)CC1. The van der Waals surface area contributed by atoms with Gasteiger partial charge in [-0.05, 0) is 38.5 Å². The molecule has 0 aliphatic heterocycles. The second kappa shape index (κ2) is 5.35. The summed E-state index contributed by atoms with van der Waals surface area (Å²) >= 11 is 0. The Morgan fingerprint density at radius 2 is 2.00 bits per heavy atom. The highest BCUT2D eigenvalue weighted by Crippen LogP contribution is 2.29. The Kier molecular flexibility index (Phi) is 4.39. The molecule has 1 saturated carbocycles. The quantitative estimate of drug-likeness (QED) is 0.704. The van der Waals surface area contributed by atoms with Crippen molar-refractivity contribution in [1.29, 1.82) is 0 Å². The molecule has 1 rings (SSSR count). The van der Waals surface area contributed by atoms with E-state index in [1.807, 2.05) is 13.8 Å². The molecule has 0 heterocycles. The Balaban J connectivity index is 2.37. The van der Waals surface area contributed by atoms with Crippen molar-refractivity contribution in [3.63, 3.8) is 0 Å². The number of ether oxygens (including phenoxy) is 1. The predicted molar refractivity (Wildman–Crippen MR) is 55.7 cm³/mol. The van der Waals surface area contributed by atoms with Gasteiger partial charge in [-0.2, -0.15) is 0 Å². The van der Waals surface area contributed by atoms with Crippen LogP contribution < -0.4 is 5.73 Å².